The van der Waals surface area contributed by atoms with Crippen LogP contribution < -0.4 is 0 Å². The molecule has 1 aromatic carbocycles. The Balaban J connectivity index is 2.20. The Kier molecular flexibility index (Phi) is 3.01. The molecule has 0 aliphatic carbocycles. The van der Waals surface area contributed by atoms with Crippen LogP contribution in [0, 0.1) is 20.8 Å². The van der Waals surface area contributed by atoms with Crippen LogP contribution in [-0.4, -0.2) is 20.5 Å². The van der Waals surface area contributed by atoms with Crippen LogP contribution in [0.25, 0.3) is 16.9 Å². The molecule has 0 spiro atoms. The minimum atomic E-state index is -0.935. The van der Waals surface area contributed by atoms with Crippen LogP contribution in [0.5, 0.6) is 0 Å². The maximum absolute atomic E-state index is 11.0. The van der Waals surface area contributed by atoms with Gasteiger partial charge < -0.3 is 9.51 Å². The number of aromatic carboxylic acids is 1. The maximum Gasteiger partial charge on any atom is 0.337 e. The summed E-state index contributed by atoms with van der Waals surface area (Å²) in [7, 11) is 0. The standard InChI is InChI=1S/C17H16N2O2/c1-10-6-11(2)16(12(3)7-10)14-9-19-8-13(17(20)21)4-5-15(19)18-14/h4-9H,1-3H3,(H,20,21). The number of aromatic nitrogens is 2. The van der Waals surface area contributed by atoms with E-state index in [0.717, 1.165) is 16.9 Å². The van der Waals surface area contributed by atoms with E-state index in [9.17, 15) is 4.79 Å². The number of hydrogen-bond acceptors (Lipinski definition) is 2. The van der Waals surface area contributed by atoms with Gasteiger partial charge in [-0.1, -0.05) is 17.7 Å². The normalized spacial score (nSPS) is 11.0. The fourth-order valence-corrected chi connectivity index (χ4v) is 2.82. The van der Waals surface area contributed by atoms with Gasteiger partial charge in [-0.2, -0.15) is 0 Å². The molecule has 0 atom stereocenters. The first-order valence-electron chi connectivity index (χ1n) is 6.76. The van der Waals surface area contributed by atoms with Crippen molar-refractivity contribution in [1.82, 2.24) is 9.38 Å². The average Bonchev–Trinajstić information content (AvgIpc) is 2.79. The summed E-state index contributed by atoms with van der Waals surface area (Å²) in [6.07, 6.45) is 3.47. The number of fused-ring (bicyclic) bond motifs is 1. The van der Waals surface area contributed by atoms with Crippen molar-refractivity contribution in [3.8, 4) is 11.3 Å². The molecule has 0 radical (unpaired) electrons. The molecule has 0 saturated carbocycles. The highest BCUT2D eigenvalue weighted by Gasteiger charge is 2.12. The lowest BCUT2D eigenvalue weighted by atomic mass is 9.98. The Labute approximate surface area is 122 Å². The number of rotatable bonds is 2. The van der Waals surface area contributed by atoms with E-state index in [1.165, 1.54) is 16.7 Å². The van der Waals surface area contributed by atoms with Gasteiger partial charge in [0.2, 0.25) is 0 Å². The van der Waals surface area contributed by atoms with Crippen LogP contribution in [0.2, 0.25) is 0 Å². The van der Waals surface area contributed by atoms with E-state index >= 15 is 0 Å². The lowest BCUT2D eigenvalue weighted by Gasteiger charge is -2.08. The van der Waals surface area contributed by atoms with E-state index in [-0.39, 0.29) is 5.56 Å². The lowest BCUT2D eigenvalue weighted by Crippen LogP contribution is -1.97. The molecule has 3 aromatic rings. The molecule has 0 saturated heterocycles. The number of carboxylic acids is 1. The molecule has 4 nitrogen and oxygen atoms in total. The third-order valence-electron chi connectivity index (χ3n) is 3.63. The first-order valence-corrected chi connectivity index (χ1v) is 6.76. The molecule has 4 heteroatoms. The minimum Gasteiger partial charge on any atom is -0.478 e. The maximum atomic E-state index is 11.0. The Morgan fingerprint density at radius 2 is 1.76 bits per heavy atom. The number of pyridine rings is 1. The van der Waals surface area contributed by atoms with Crippen LogP contribution >= 0.6 is 0 Å². The van der Waals surface area contributed by atoms with Gasteiger partial charge in [0, 0.05) is 18.0 Å². The molecule has 0 amide bonds. The number of benzene rings is 1. The van der Waals surface area contributed by atoms with Crippen LogP contribution in [0.3, 0.4) is 0 Å². The molecule has 0 bridgehead atoms. The van der Waals surface area contributed by atoms with E-state index in [4.69, 9.17) is 5.11 Å². The first kappa shape index (κ1) is 13.4. The number of carbonyl (C=O) groups is 1. The molecule has 0 unspecified atom stereocenters. The fourth-order valence-electron chi connectivity index (χ4n) is 2.82. The lowest BCUT2D eigenvalue weighted by molar-refractivity contribution is 0.0696. The Hall–Kier alpha value is -2.62. The van der Waals surface area contributed by atoms with Gasteiger partial charge in [-0.3, -0.25) is 0 Å². The van der Waals surface area contributed by atoms with Crippen molar-refractivity contribution in [1.29, 1.82) is 0 Å². The van der Waals surface area contributed by atoms with E-state index in [2.05, 4.69) is 37.9 Å². The molecular weight excluding hydrogens is 264 g/mol. The molecule has 0 fully saturated rings. The summed E-state index contributed by atoms with van der Waals surface area (Å²) < 4.78 is 1.76. The smallest absolute Gasteiger partial charge is 0.337 e. The summed E-state index contributed by atoms with van der Waals surface area (Å²) in [5, 5.41) is 9.05. The first-order chi connectivity index (χ1) is 9.95. The van der Waals surface area contributed by atoms with Crippen molar-refractivity contribution < 1.29 is 9.90 Å². The van der Waals surface area contributed by atoms with Gasteiger partial charge in [-0.15, -0.1) is 0 Å². The van der Waals surface area contributed by atoms with Gasteiger partial charge in [-0.05, 0) is 44.0 Å². The molecule has 0 aliphatic heterocycles. The monoisotopic (exact) mass is 280 g/mol. The molecular formula is C17H16N2O2. The number of imidazole rings is 1. The van der Waals surface area contributed by atoms with Gasteiger partial charge >= 0.3 is 5.97 Å². The summed E-state index contributed by atoms with van der Waals surface area (Å²) in [6, 6.07) is 7.57. The van der Waals surface area contributed by atoms with Crippen LogP contribution in [0.1, 0.15) is 27.0 Å². The summed E-state index contributed by atoms with van der Waals surface area (Å²) in [5.41, 5.74) is 6.56. The van der Waals surface area contributed by atoms with Gasteiger partial charge in [0.15, 0.2) is 0 Å². The molecule has 21 heavy (non-hydrogen) atoms. The summed E-state index contributed by atoms with van der Waals surface area (Å²) in [4.78, 5) is 15.6. The highest BCUT2D eigenvalue weighted by Crippen LogP contribution is 2.28. The minimum absolute atomic E-state index is 0.254. The summed E-state index contributed by atoms with van der Waals surface area (Å²) in [5.74, 6) is -0.935. The van der Waals surface area contributed by atoms with Crippen molar-refractivity contribution in [2.45, 2.75) is 20.8 Å². The summed E-state index contributed by atoms with van der Waals surface area (Å²) in [6.45, 7) is 6.22. The van der Waals surface area contributed by atoms with Gasteiger partial charge in [0.25, 0.3) is 0 Å². The fraction of sp³-hybridized carbons (Fsp3) is 0.176. The predicted octanol–water partition coefficient (Wildman–Crippen LogP) is 3.62. The van der Waals surface area contributed by atoms with Gasteiger partial charge in [0.1, 0.15) is 5.65 Å². The third-order valence-corrected chi connectivity index (χ3v) is 3.63. The number of nitrogens with zero attached hydrogens (tertiary/aromatic N) is 2. The van der Waals surface area contributed by atoms with Crippen LogP contribution in [0.4, 0.5) is 0 Å². The zero-order valence-corrected chi connectivity index (χ0v) is 12.2. The number of hydrogen-bond donors (Lipinski definition) is 1. The van der Waals surface area contributed by atoms with E-state index in [1.807, 2.05) is 6.20 Å². The molecule has 0 aliphatic rings. The molecule has 1 N–H and O–H groups in total. The van der Waals surface area contributed by atoms with Crippen molar-refractivity contribution in [3.05, 3.63) is 58.9 Å². The Bertz CT molecular complexity index is 839. The SMILES string of the molecule is Cc1cc(C)c(-c2cn3cc(C(=O)O)ccc3n2)c(C)c1. The van der Waals surface area contributed by atoms with Gasteiger partial charge in [0.05, 0.1) is 11.3 Å². The Morgan fingerprint density at radius 1 is 1.10 bits per heavy atom. The third kappa shape index (κ3) is 2.29. The number of carboxylic acid groups (broad SMARTS) is 1. The van der Waals surface area contributed by atoms with Crippen molar-refractivity contribution in [3.63, 3.8) is 0 Å². The molecule has 2 heterocycles. The zero-order chi connectivity index (χ0) is 15.1. The van der Waals surface area contributed by atoms with Crippen molar-refractivity contribution >= 4 is 11.6 Å². The highest BCUT2D eigenvalue weighted by atomic mass is 16.4. The second-order valence-electron chi connectivity index (χ2n) is 5.39. The topological polar surface area (TPSA) is 54.6 Å². The largest absolute Gasteiger partial charge is 0.478 e. The molecule has 106 valence electrons. The predicted molar refractivity (Wildman–Crippen MR) is 81.8 cm³/mol. The van der Waals surface area contributed by atoms with Crippen LogP contribution in [0.15, 0.2) is 36.7 Å². The molecule has 3 rings (SSSR count). The quantitative estimate of drug-likeness (QED) is 0.780. The second-order valence-corrected chi connectivity index (χ2v) is 5.39. The van der Waals surface area contributed by atoms with E-state index < -0.39 is 5.97 Å². The zero-order valence-electron chi connectivity index (χ0n) is 12.2. The number of aryl methyl sites for hydroxylation is 3. The second kappa shape index (κ2) is 4.74. The van der Waals surface area contributed by atoms with Crippen molar-refractivity contribution in [2.75, 3.05) is 0 Å². The highest BCUT2D eigenvalue weighted by molar-refractivity contribution is 5.87. The molecule has 2 aromatic heterocycles. The van der Waals surface area contributed by atoms with Gasteiger partial charge in [-0.25, -0.2) is 9.78 Å². The Morgan fingerprint density at radius 3 is 2.38 bits per heavy atom. The van der Waals surface area contributed by atoms with E-state index in [1.54, 1.807) is 22.7 Å². The van der Waals surface area contributed by atoms with Crippen LogP contribution in [-0.2, 0) is 0 Å². The average molecular weight is 280 g/mol. The van der Waals surface area contributed by atoms with E-state index in [0.29, 0.717) is 0 Å². The van der Waals surface area contributed by atoms with Crippen molar-refractivity contribution in [2.24, 2.45) is 0 Å². The summed E-state index contributed by atoms with van der Waals surface area (Å²) >= 11 is 0.